The lowest BCUT2D eigenvalue weighted by atomic mass is 10.3. The first kappa shape index (κ1) is 13.1. The smallest absolute Gasteiger partial charge is 0.135 e. The van der Waals surface area contributed by atoms with E-state index in [1.807, 2.05) is 24.3 Å². The molecule has 1 saturated heterocycles. The van der Waals surface area contributed by atoms with E-state index in [1.54, 1.807) is 10.9 Å². The van der Waals surface area contributed by atoms with Crippen molar-refractivity contribution in [3.05, 3.63) is 36.7 Å². The Morgan fingerprint density at radius 1 is 1.20 bits per heavy atom. The molecule has 0 bridgehead atoms. The summed E-state index contributed by atoms with van der Waals surface area (Å²) in [7, 11) is 0. The first-order valence-corrected chi connectivity index (χ1v) is 6.73. The zero-order valence-electron chi connectivity index (χ0n) is 11.2. The van der Waals surface area contributed by atoms with Crippen molar-refractivity contribution in [2.75, 3.05) is 39.5 Å². The molecule has 1 aliphatic rings. The number of hydrogen-bond acceptors (Lipinski definition) is 5. The molecule has 20 heavy (non-hydrogen) atoms. The van der Waals surface area contributed by atoms with Crippen molar-refractivity contribution < 1.29 is 9.47 Å². The largest absolute Gasteiger partial charge is 0.492 e. The topological polar surface area (TPSA) is 52.4 Å². The second-order valence-electron chi connectivity index (χ2n) is 4.59. The average Bonchev–Trinajstić information content (AvgIpc) is 3.03. The molecule has 105 valence electrons. The molecule has 1 aromatic carbocycles. The maximum absolute atomic E-state index is 5.75. The molecule has 0 amide bonds. The maximum atomic E-state index is 5.75. The number of ether oxygens (including phenoxy) is 2. The van der Waals surface area contributed by atoms with Crippen LogP contribution in [0.3, 0.4) is 0 Å². The van der Waals surface area contributed by atoms with Crippen molar-refractivity contribution in [2.24, 2.45) is 0 Å². The van der Waals surface area contributed by atoms with Gasteiger partial charge in [0.15, 0.2) is 0 Å². The van der Waals surface area contributed by atoms with Gasteiger partial charge in [-0.1, -0.05) is 5.21 Å². The minimum atomic E-state index is 0.691. The van der Waals surface area contributed by atoms with Gasteiger partial charge in [0.25, 0.3) is 0 Å². The van der Waals surface area contributed by atoms with Gasteiger partial charge >= 0.3 is 0 Å². The summed E-state index contributed by atoms with van der Waals surface area (Å²) in [5, 5.41) is 7.55. The van der Waals surface area contributed by atoms with Crippen LogP contribution in [0.15, 0.2) is 30.5 Å². The highest BCUT2D eigenvalue weighted by molar-refractivity contribution is 5.36. The van der Waals surface area contributed by atoms with Crippen molar-refractivity contribution in [2.45, 2.75) is 0 Å². The van der Waals surface area contributed by atoms with Crippen molar-refractivity contribution >= 4 is 0 Å². The molecule has 1 radical (unpaired) electrons. The molecule has 1 aliphatic heterocycles. The molecule has 0 aliphatic carbocycles. The third-order valence-electron chi connectivity index (χ3n) is 3.26. The van der Waals surface area contributed by atoms with Gasteiger partial charge in [-0.25, -0.2) is 4.68 Å². The normalized spacial score (nSPS) is 16.2. The van der Waals surface area contributed by atoms with Gasteiger partial charge in [-0.3, -0.25) is 4.90 Å². The summed E-state index contributed by atoms with van der Waals surface area (Å²) in [5.41, 5.74) is 0.944. The van der Waals surface area contributed by atoms with E-state index in [0.29, 0.717) is 6.61 Å². The summed E-state index contributed by atoms with van der Waals surface area (Å²) in [6.07, 6.45) is 4.36. The molecule has 1 fully saturated rings. The number of morpholine rings is 1. The molecule has 0 N–H and O–H groups in total. The summed E-state index contributed by atoms with van der Waals surface area (Å²) in [6.45, 7) is 5.25. The van der Waals surface area contributed by atoms with Crippen LogP contribution in [0.4, 0.5) is 0 Å². The van der Waals surface area contributed by atoms with Crippen LogP contribution in [0.2, 0.25) is 0 Å². The lowest BCUT2D eigenvalue weighted by Crippen LogP contribution is -2.38. The number of benzene rings is 1. The number of aromatic nitrogens is 3. The number of nitrogens with zero attached hydrogens (tertiary/aromatic N) is 4. The fourth-order valence-electron chi connectivity index (χ4n) is 2.12. The molecule has 6 nitrogen and oxygen atoms in total. The zero-order valence-corrected chi connectivity index (χ0v) is 11.2. The van der Waals surface area contributed by atoms with Crippen molar-refractivity contribution in [3.8, 4) is 11.4 Å². The zero-order chi connectivity index (χ0) is 13.6. The summed E-state index contributed by atoms with van der Waals surface area (Å²) in [5.74, 6) is 0.867. The van der Waals surface area contributed by atoms with E-state index in [9.17, 15) is 0 Å². The van der Waals surface area contributed by atoms with Gasteiger partial charge in [0, 0.05) is 19.6 Å². The minimum absolute atomic E-state index is 0.691. The highest BCUT2D eigenvalue weighted by Crippen LogP contribution is 2.14. The highest BCUT2D eigenvalue weighted by Gasteiger charge is 2.09. The highest BCUT2D eigenvalue weighted by atomic mass is 16.5. The SMILES string of the molecule is [c]1cn(-c2ccc(OCCN3CCOCC3)cc2)nn1. The Morgan fingerprint density at radius 2 is 2.00 bits per heavy atom. The van der Waals surface area contributed by atoms with Crippen molar-refractivity contribution in [3.63, 3.8) is 0 Å². The van der Waals surface area contributed by atoms with E-state index in [2.05, 4.69) is 21.4 Å². The van der Waals surface area contributed by atoms with Gasteiger partial charge in [-0.2, -0.15) is 0 Å². The molecular formula is C14H17N4O2. The Hall–Kier alpha value is -1.92. The second-order valence-corrected chi connectivity index (χ2v) is 4.59. The summed E-state index contributed by atoms with van der Waals surface area (Å²) < 4.78 is 12.7. The molecular weight excluding hydrogens is 256 g/mol. The second kappa shape index (κ2) is 6.49. The lowest BCUT2D eigenvalue weighted by molar-refractivity contribution is 0.0322. The summed E-state index contributed by atoms with van der Waals surface area (Å²) >= 11 is 0. The molecule has 0 saturated carbocycles. The Kier molecular flexibility index (Phi) is 4.25. The first-order chi connectivity index (χ1) is 9.92. The Morgan fingerprint density at radius 3 is 2.70 bits per heavy atom. The standard InChI is InChI=1S/C14H17N4O2/c1-3-14(4-2-13(1)18-6-5-15-16-18)20-12-9-17-7-10-19-11-8-17/h1-4,6H,7-12H2. The molecule has 3 rings (SSSR count). The quantitative estimate of drug-likeness (QED) is 0.805. The first-order valence-electron chi connectivity index (χ1n) is 6.73. The molecule has 6 heteroatoms. The van der Waals surface area contributed by atoms with Gasteiger partial charge in [-0.05, 0) is 24.3 Å². The summed E-state index contributed by atoms with van der Waals surface area (Å²) in [6, 6.07) is 7.78. The molecule has 0 unspecified atom stereocenters. The van der Waals surface area contributed by atoms with Gasteiger partial charge in [-0.15, -0.1) is 5.10 Å². The van der Waals surface area contributed by atoms with E-state index < -0.39 is 0 Å². The number of hydrogen-bond donors (Lipinski definition) is 0. The predicted molar refractivity (Wildman–Crippen MR) is 72.9 cm³/mol. The van der Waals surface area contributed by atoms with Crippen molar-refractivity contribution in [1.29, 1.82) is 0 Å². The number of rotatable bonds is 5. The molecule has 0 spiro atoms. The fourth-order valence-corrected chi connectivity index (χ4v) is 2.12. The molecule has 1 aromatic heterocycles. The van der Waals surface area contributed by atoms with Crippen LogP contribution in [0.5, 0.6) is 5.75 Å². The van der Waals surface area contributed by atoms with Crippen LogP contribution in [0, 0.1) is 6.20 Å². The molecule has 2 aromatic rings. The van der Waals surface area contributed by atoms with E-state index in [0.717, 1.165) is 44.3 Å². The van der Waals surface area contributed by atoms with Crippen molar-refractivity contribution in [1.82, 2.24) is 19.9 Å². The maximum Gasteiger partial charge on any atom is 0.135 e. The van der Waals surface area contributed by atoms with Crippen LogP contribution in [-0.4, -0.2) is 59.3 Å². The third kappa shape index (κ3) is 3.34. The molecule has 2 heterocycles. The van der Waals surface area contributed by atoms with Gasteiger partial charge in [0.2, 0.25) is 0 Å². The van der Waals surface area contributed by atoms with Crippen LogP contribution in [-0.2, 0) is 4.74 Å². The van der Waals surface area contributed by atoms with Gasteiger partial charge < -0.3 is 9.47 Å². The van der Waals surface area contributed by atoms with E-state index in [1.165, 1.54) is 0 Å². The molecule has 0 atom stereocenters. The third-order valence-corrected chi connectivity index (χ3v) is 3.26. The van der Waals surface area contributed by atoms with E-state index in [4.69, 9.17) is 9.47 Å². The van der Waals surface area contributed by atoms with E-state index >= 15 is 0 Å². The van der Waals surface area contributed by atoms with Gasteiger partial charge in [0.05, 0.1) is 25.1 Å². The predicted octanol–water partition coefficient (Wildman–Crippen LogP) is 0.778. The van der Waals surface area contributed by atoms with Crippen LogP contribution in [0.1, 0.15) is 0 Å². The Bertz CT molecular complexity index is 506. The van der Waals surface area contributed by atoms with Crippen LogP contribution >= 0.6 is 0 Å². The van der Waals surface area contributed by atoms with Crippen LogP contribution < -0.4 is 4.74 Å². The van der Waals surface area contributed by atoms with Gasteiger partial charge in [0.1, 0.15) is 18.6 Å². The summed E-state index contributed by atoms with van der Waals surface area (Å²) in [4.78, 5) is 2.35. The van der Waals surface area contributed by atoms with Crippen LogP contribution in [0.25, 0.3) is 5.69 Å². The Labute approximate surface area is 117 Å². The monoisotopic (exact) mass is 273 g/mol. The fraction of sp³-hybridized carbons (Fsp3) is 0.429. The van der Waals surface area contributed by atoms with E-state index in [-0.39, 0.29) is 0 Å². The lowest BCUT2D eigenvalue weighted by Gasteiger charge is -2.26. The minimum Gasteiger partial charge on any atom is -0.492 e. The Balaban J connectivity index is 1.48. The average molecular weight is 273 g/mol.